The lowest BCUT2D eigenvalue weighted by molar-refractivity contribution is -0.144. The van der Waals surface area contributed by atoms with Gasteiger partial charge >= 0.3 is 6.18 Å². The van der Waals surface area contributed by atoms with E-state index in [9.17, 15) is 17.6 Å². The van der Waals surface area contributed by atoms with Crippen LogP contribution in [0.25, 0.3) is 27.8 Å². The normalized spacial score (nSPS) is 12.1. The molecule has 0 bridgehead atoms. The van der Waals surface area contributed by atoms with E-state index in [2.05, 4.69) is 30.0 Å². The number of benzene rings is 1. The van der Waals surface area contributed by atoms with Gasteiger partial charge in [-0.25, -0.2) is 34.0 Å². The summed E-state index contributed by atoms with van der Waals surface area (Å²) >= 11 is 0. The molecule has 0 atom stereocenters. The van der Waals surface area contributed by atoms with Crippen LogP contribution < -0.4 is 0 Å². The molecule has 0 N–H and O–H groups in total. The molecule has 0 radical (unpaired) electrons. The highest BCUT2D eigenvalue weighted by molar-refractivity contribution is 6.00. The van der Waals surface area contributed by atoms with Crippen LogP contribution in [0.2, 0.25) is 0 Å². The summed E-state index contributed by atoms with van der Waals surface area (Å²) in [6, 6.07) is 6.27. The Balaban J connectivity index is 1.60. The van der Waals surface area contributed by atoms with Crippen molar-refractivity contribution in [3.63, 3.8) is 0 Å². The molecule has 0 amide bonds. The number of alkyl halides is 3. The van der Waals surface area contributed by atoms with Crippen LogP contribution in [0.3, 0.4) is 0 Å². The zero-order chi connectivity index (χ0) is 26.2. The molecule has 4 heterocycles. The molecular weight excluding hydrogens is 490 g/mol. The first-order valence-electron chi connectivity index (χ1n) is 10.9. The predicted octanol–water partition coefficient (Wildman–Crippen LogP) is 4.50. The number of rotatable bonds is 6. The summed E-state index contributed by atoms with van der Waals surface area (Å²) < 4.78 is 56.5. The van der Waals surface area contributed by atoms with E-state index in [1.165, 1.54) is 17.1 Å². The SMILES string of the molecule is CN(C)/C=N/c1ncnc2c1c(-c1cnc(C(F)(F)F)nc1)cn2Cc1cnn(-c2ccccc2F)c1. The van der Waals surface area contributed by atoms with Gasteiger partial charge in [0.25, 0.3) is 0 Å². The second-order valence-electron chi connectivity index (χ2n) is 8.31. The molecular formula is C24H19F4N9. The van der Waals surface area contributed by atoms with Crippen molar-refractivity contribution < 1.29 is 17.6 Å². The Morgan fingerprint density at radius 2 is 1.76 bits per heavy atom. The second-order valence-corrected chi connectivity index (χ2v) is 8.31. The van der Waals surface area contributed by atoms with Crippen molar-refractivity contribution in [3.8, 4) is 16.8 Å². The van der Waals surface area contributed by atoms with Crippen molar-refractivity contribution in [3.05, 3.63) is 78.8 Å². The van der Waals surface area contributed by atoms with Crippen molar-refractivity contribution in [1.82, 2.24) is 39.2 Å². The molecule has 9 nitrogen and oxygen atoms in total. The van der Waals surface area contributed by atoms with Crippen LogP contribution in [-0.2, 0) is 12.7 Å². The molecule has 0 saturated carbocycles. The molecule has 5 rings (SSSR count). The highest BCUT2D eigenvalue weighted by Gasteiger charge is 2.34. The molecule has 188 valence electrons. The summed E-state index contributed by atoms with van der Waals surface area (Å²) in [7, 11) is 3.59. The topological polar surface area (TPSA) is 89.9 Å². The number of para-hydroxylation sites is 1. The average molecular weight is 509 g/mol. The average Bonchev–Trinajstić information content (AvgIpc) is 3.48. The van der Waals surface area contributed by atoms with Gasteiger partial charge in [-0.05, 0) is 12.1 Å². The fourth-order valence-electron chi connectivity index (χ4n) is 3.74. The summed E-state index contributed by atoms with van der Waals surface area (Å²) in [6.07, 6.45) is 5.50. The van der Waals surface area contributed by atoms with Gasteiger partial charge in [0.15, 0.2) is 5.82 Å². The molecule has 1 aromatic carbocycles. The van der Waals surface area contributed by atoms with Crippen molar-refractivity contribution in [2.45, 2.75) is 12.7 Å². The van der Waals surface area contributed by atoms with E-state index in [4.69, 9.17) is 0 Å². The lowest BCUT2D eigenvalue weighted by atomic mass is 10.1. The Morgan fingerprint density at radius 1 is 1.00 bits per heavy atom. The van der Waals surface area contributed by atoms with Crippen molar-refractivity contribution in [1.29, 1.82) is 0 Å². The molecule has 0 aliphatic carbocycles. The first-order chi connectivity index (χ1) is 17.7. The van der Waals surface area contributed by atoms with Crippen molar-refractivity contribution in [2.24, 2.45) is 4.99 Å². The molecule has 4 aromatic heterocycles. The van der Waals surface area contributed by atoms with Gasteiger partial charge in [0.05, 0.1) is 24.5 Å². The summed E-state index contributed by atoms with van der Waals surface area (Å²) in [4.78, 5) is 21.8. The Bertz CT molecular complexity index is 1580. The maximum absolute atomic E-state index is 14.2. The summed E-state index contributed by atoms with van der Waals surface area (Å²) in [6.45, 7) is 0.292. The minimum Gasteiger partial charge on any atom is -0.369 e. The van der Waals surface area contributed by atoms with Gasteiger partial charge in [-0.1, -0.05) is 12.1 Å². The number of aliphatic imine (C=N–C) groups is 1. The Morgan fingerprint density at radius 3 is 2.46 bits per heavy atom. The minimum absolute atomic E-state index is 0.292. The van der Waals surface area contributed by atoms with Crippen LogP contribution in [-0.4, -0.2) is 59.6 Å². The van der Waals surface area contributed by atoms with E-state index in [1.54, 1.807) is 66.7 Å². The Kier molecular flexibility index (Phi) is 6.11. The smallest absolute Gasteiger partial charge is 0.369 e. The monoisotopic (exact) mass is 509 g/mol. The van der Waals surface area contributed by atoms with Gasteiger partial charge in [0, 0.05) is 55.6 Å². The highest BCUT2D eigenvalue weighted by atomic mass is 19.4. The van der Waals surface area contributed by atoms with Gasteiger partial charge < -0.3 is 9.47 Å². The third-order valence-electron chi connectivity index (χ3n) is 5.35. The fourth-order valence-corrected chi connectivity index (χ4v) is 3.74. The second kappa shape index (κ2) is 9.41. The van der Waals surface area contributed by atoms with Gasteiger partial charge in [-0.2, -0.15) is 18.3 Å². The molecule has 5 aromatic rings. The van der Waals surface area contributed by atoms with E-state index in [0.717, 1.165) is 18.0 Å². The summed E-state index contributed by atoms with van der Waals surface area (Å²) in [5.41, 5.74) is 2.39. The van der Waals surface area contributed by atoms with Gasteiger partial charge in [-0.15, -0.1) is 0 Å². The molecule has 0 unspecified atom stereocenters. The van der Waals surface area contributed by atoms with Crippen LogP contribution >= 0.6 is 0 Å². The standard InChI is InChI=1S/C24H19F4N9/c1-35(2)14-33-21-20-17(16-8-29-23(30-9-16)24(26,27)28)12-36(22(20)32-13-31-21)10-15-7-34-37(11-15)19-6-4-3-5-18(19)25/h3-9,11-14H,10H2,1-2H3/b33-14+. The maximum atomic E-state index is 14.2. The minimum atomic E-state index is -4.66. The molecule has 0 saturated heterocycles. The lowest BCUT2D eigenvalue weighted by Crippen LogP contribution is -2.10. The van der Waals surface area contributed by atoms with Gasteiger partial charge in [0.2, 0.25) is 5.82 Å². The third-order valence-corrected chi connectivity index (χ3v) is 5.35. The fraction of sp³-hybridized carbons (Fsp3) is 0.167. The number of hydrogen-bond donors (Lipinski definition) is 0. The van der Waals surface area contributed by atoms with Crippen molar-refractivity contribution >= 4 is 23.2 Å². The van der Waals surface area contributed by atoms with Crippen LogP contribution in [0.1, 0.15) is 11.4 Å². The van der Waals surface area contributed by atoms with E-state index in [1.807, 2.05) is 0 Å². The van der Waals surface area contributed by atoms with Crippen LogP contribution in [0.5, 0.6) is 0 Å². The maximum Gasteiger partial charge on any atom is 0.451 e. The highest BCUT2D eigenvalue weighted by Crippen LogP contribution is 2.35. The van der Waals surface area contributed by atoms with E-state index >= 15 is 0 Å². The molecule has 0 aliphatic rings. The molecule has 0 aliphatic heterocycles. The van der Waals surface area contributed by atoms with Gasteiger partial charge in [0.1, 0.15) is 23.5 Å². The molecule has 0 fully saturated rings. The zero-order valence-corrected chi connectivity index (χ0v) is 19.6. The number of aromatic nitrogens is 7. The first kappa shape index (κ1) is 24.0. The number of fused-ring (bicyclic) bond motifs is 1. The number of hydrogen-bond acceptors (Lipinski definition) is 6. The molecule has 37 heavy (non-hydrogen) atoms. The van der Waals surface area contributed by atoms with Crippen LogP contribution in [0.15, 0.2) is 66.6 Å². The third kappa shape index (κ3) is 4.87. The summed E-state index contributed by atoms with van der Waals surface area (Å²) in [5.74, 6) is -1.32. The zero-order valence-electron chi connectivity index (χ0n) is 19.6. The Labute approximate surface area is 207 Å². The lowest BCUT2D eigenvalue weighted by Gasteiger charge is -2.06. The quantitative estimate of drug-likeness (QED) is 0.190. The number of halogens is 4. The van der Waals surface area contributed by atoms with Crippen LogP contribution in [0.4, 0.5) is 23.4 Å². The van der Waals surface area contributed by atoms with E-state index in [0.29, 0.717) is 40.2 Å². The van der Waals surface area contributed by atoms with Crippen molar-refractivity contribution in [2.75, 3.05) is 14.1 Å². The molecule has 0 spiro atoms. The van der Waals surface area contributed by atoms with E-state index < -0.39 is 17.8 Å². The van der Waals surface area contributed by atoms with Gasteiger partial charge in [-0.3, -0.25) is 0 Å². The Hall–Kier alpha value is -4.68. The number of nitrogens with zero attached hydrogens (tertiary/aromatic N) is 9. The first-order valence-corrected chi connectivity index (χ1v) is 10.9. The van der Waals surface area contributed by atoms with E-state index in [-0.39, 0.29) is 0 Å². The molecule has 13 heteroatoms. The largest absolute Gasteiger partial charge is 0.451 e. The summed E-state index contributed by atoms with van der Waals surface area (Å²) in [5, 5.41) is 4.78. The predicted molar refractivity (Wildman–Crippen MR) is 128 cm³/mol. The van der Waals surface area contributed by atoms with Crippen LogP contribution in [0, 0.1) is 5.82 Å².